The summed E-state index contributed by atoms with van der Waals surface area (Å²) in [6.45, 7) is -0.342. The number of hydrogen-bond donors (Lipinski definition) is 2. The van der Waals surface area contributed by atoms with Crippen molar-refractivity contribution in [2.24, 2.45) is 0 Å². The van der Waals surface area contributed by atoms with Crippen molar-refractivity contribution < 1.29 is 9.90 Å². The SMILES string of the molecule is CN(C)c1cccc(C(=O)NCO)c1. The van der Waals surface area contributed by atoms with E-state index in [0.717, 1.165) is 5.69 Å². The molecule has 0 aliphatic rings. The number of amides is 1. The molecule has 1 amide bonds. The molecule has 14 heavy (non-hydrogen) atoms. The summed E-state index contributed by atoms with van der Waals surface area (Å²) in [7, 11) is 3.81. The second-order valence-electron chi connectivity index (χ2n) is 3.11. The Labute approximate surface area is 83.2 Å². The van der Waals surface area contributed by atoms with E-state index in [0.29, 0.717) is 5.56 Å². The van der Waals surface area contributed by atoms with Crippen molar-refractivity contribution in [1.29, 1.82) is 0 Å². The summed E-state index contributed by atoms with van der Waals surface area (Å²) >= 11 is 0. The minimum absolute atomic E-state index is 0.267. The molecule has 0 unspecified atom stereocenters. The maximum absolute atomic E-state index is 11.3. The van der Waals surface area contributed by atoms with Gasteiger partial charge >= 0.3 is 0 Å². The molecule has 0 fully saturated rings. The molecule has 0 aliphatic carbocycles. The van der Waals surface area contributed by atoms with E-state index in [1.54, 1.807) is 12.1 Å². The molecule has 1 aromatic rings. The molecular weight excluding hydrogens is 180 g/mol. The minimum Gasteiger partial charge on any atom is -0.378 e. The number of carbonyl (C=O) groups excluding carboxylic acids is 1. The first-order valence-corrected chi connectivity index (χ1v) is 4.31. The molecule has 1 aromatic carbocycles. The molecule has 1 rings (SSSR count). The lowest BCUT2D eigenvalue weighted by Crippen LogP contribution is -2.24. The number of nitrogens with zero attached hydrogens (tertiary/aromatic N) is 1. The molecule has 0 bridgehead atoms. The fraction of sp³-hybridized carbons (Fsp3) is 0.300. The molecule has 0 spiro atoms. The van der Waals surface area contributed by atoms with Crippen LogP contribution in [0, 0.1) is 0 Å². The molecule has 4 nitrogen and oxygen atoms in total. The van der Waals surface area contributed by atoms with E-state index in [1.807, 2.05) is 31.1 Å². The molecule has 0 aliphatic heterocycles. The van der Waals surface area contributed by atoms with Gasteiger partial charge in [-0.25, -0.2) is 0 Å². The average Bonchev–Trinajstić information content (AvgIpc) is 2.18. The predicted octanol–water partition coefficient (Wildman–Crippen LogP) is 0.432. The fourth-order valence-electron chi connectivity index (χ4n) is 1.10. The molecule has 0 heterocycles. The highest BCUT2D eigenvalue weighted by molar-refractivity contribution is 5.95. The van der Waals surface area contributed by atoms with Crippen molar-refractivity contribution in [2.75, 3.05) is 25.7 Å². The number of carbonyl (C=O) groups is 1. The van der Waals surface area contributed by atoms with E-state index in [9.17, 15) is 4.79 Å². The molecule has 2 N–H and O–H groups in total. The van der Waals surface area contributed by atoms with Gasteiger partial charge < -0.3 is 15.3 Å². The van der Waals surface area contributed by atoms with Crippen LogP contribution in [0.25, 0.3) is 0 Å². The third-order valence-corrected chi connectivity index (χ3v) is 1.86. The zero-order valence-corrected chi connectivity index (χ0v) is 8.32. The highest BCUT2D eigenvalue weighted by Gasteiger charge is 2.05. The summed E-state index contributed by atoms with van der Waals surface area (Å²) in [5, 5.41) is 10.9. The Kier molecular flexibility index (Phi) is 3.48. The second-order valence-corrected chi connectivity index (χ2v) is 3.11. The number of aliphatic hydroxyl groups is 1. The van der Waals surface area contributed by atoms with Crippen molar-refractivity contribution in [3.63, 3.8) is 0 Å². The van der Waals surface area contributed by atoms with Gasteiger partial charge in [-0.15, -0.1) is 0 Å². The van der Waals surface area contributed by atoms with E-state index < -0.39 is 0 Å². The summed E-state index contributed by atoms with van der Waals surface area (Å²) in [5.41, 5.74) is 1.50. The van der Waals surface area contributed by atoms with E-state index in [2.05, 4.69) is 5.32 Å². The number of anilines is 1. The summed E-state index contributed by atoms with van der Waals surface area (Å²) in [6.07, 6.45) is 0. The predicted molar refractivity (Wildman–Crippen MR) is 55.3 cm³/mol. The summed E-state index contributed by atoms with van der Waals surface area (Å²) in [6, 6.07) is 7.19. The standard InChI is InChI=1S/C10H14N2O2/c1-12(2)9-5-3-4-8(6-9)10(14)11-7-13/h3-6,13H,7H2,1-2H3,(H,11,14). The Balaban J connectivity index is 2.88. The van der Waals surface area contributed by atoms with Gasteiger partial charge in [-0.2, -0.15) is 0 Å². The highest BCUT2D eigenvalue weighted by atomic mass is 16.3. The molecule has 0 saturated heterocycles. The van der Waals surface area contributed by atoms with Crippen molar-refractivity contribution >= 4 is 11.6 Å². The average molecular weight is 194 g/mol. The Bertz CT molecular complexity index is 324. The minimum atomic E-state index is -0.342. The number of aliphatic hydroxyl groups excluding tert-OH is 1. The Morgan fingerprint density at radius 2 is 2.21 bits per heavy atom. The second kappa shape index (κ2) is 4.62. The molecule has 0 atom stereocenters. The third kappa shape index (κ3) is 2.47. The Hall–Kier alpha value is -1.55. The number of benzene rings is 1. The van der Waals surface area contributed by atoms with Gasteiger partial charge in [0.05, 0.1) is 0 Å². The fourth-order valence-corrected chi connectivity index (χ4v) is 1.10. The number of hydrogen-bond acceptors (Lipinski definition) is 3. The zero-order chi connectivity index (χ0) is 10.6. The van der Waals surface area contributed by atoms with Gasteiger partial charge in [0.25, 0.3) is 5.91 Å². The largest absolute Gasteiger partial charge is 0.378 e. The maximum Gasteiger partial charge on any atom is 0.253 e. The molecule has 0 saturated carbocycles. The quantitative estimate of drug-likeness (QED) is 0.686. The van der Waals surface area contributed by atoms with Gasteiger partial charge in [-0.3, -0.25) is 4.79 Å². The van der Waals surface area contributed by atoms with Crippen molar-refractivity contribution in [3.05, 3.63) is 29.8 Å². The number of rotatable bonds is 3. The Morgan fingerprint density at radius 1 is 1.50 bits per heavy atom. The summed E-state index contributed by atoms with van der Waals surface area (Å²) < 4.78 is 0. The summed E-state index contributed by atoms with van der Waals surface area (Å²) in [4.78, 5) is 13.2. The van der Waals surface area contributed by atoms with Gasteiger partial charge in [0, 0.05) is 25.3 Å². The van der Waals surface area contributed by atoms with E-state index >= 15 is 0 Å². The summed E-state index contributed by atoms with van der Waals surface area (Å²) in [5.74, 6) is -0.267. The van der Waals surface area contributed by atoms with Crippen LogP contribution in [-0.4, -0.2) is 31.8 Å². The topological polar surface area (TPSA) is 52.6 Å². The Morgan fingerprint density at radius 3 is 2.79 bits per heavy atom. The van der Waals surface area contributed by atoms with E-state index in [4.69, 9.17) is 5.11 Å². The van der Waals surface area contributed by atoms with Crippen LogP contribution in [0.5, 0.6) is 0 Å². The van der Waals surface area contributed by atoms with Crippen molar-refractivity contribution in [2.45, 2.75) is 0 Å². The van der Waals surface area contributed by atoms with Crippen LogP contribution in [0.4, 0.5) is 5.69 Å². The van der Waals surface area contributed by atoms with Gasteiger partial charge in [-0.05, 0) is 18.2 Å². The molecule has 4 heteroatoms. The van der Waals surface area contributed by atoms with Gasteiger partial charge in [0.1, 0.15) is 6.73 Å². The first-order valence-electron chi connectivity index (χ1n) is 4.31. The third-order valence-electron chi connectivity index (χ3n) is 1.86. The molecule has 0 aromatic heterocycles. The smallest absolute Gasteiger partial charge is 0.253 e. The van der Waals surface area contributed by atoms with Crippen LogP contribution in [0.3, 0.4) is 0 Å². The van der Waals surface area contributed by atoms with Crippen LogP contribution in [-0.2, 0) is 0 Å². The van der Waals surface area contributed by atoms with Crippen LogP contribution >= 0.6 is 0 Å². The van der Waals surface area contributed by atoms with Gasteiger partial charge in [0.15, 0.2) is 0 Å². The maximum atomic E-state index is 11.3. The first-order chi connectivity index (χ1) is 6.65. The molecule has 76 valence electrons. The molecular formula is C10H14N2O2. The van der Waals surface area contributed by atoms with Crippen LogP contribution in [0.2, 0.25) is 0 Å². The van der Waals surface area contributed by atoms with Crippen molar-refractivity contribution in [1.82, 2.24) is 5.32 Å². The van der Waals surface area contributed by atoms with E-state index in [-0.39, 0.29) is 12.6 Å². The lowest BCUT2D eigenvalue weighted by molar-refractivity contribution is 0.0910. The van der Waals surface area contributed by atoms with E-state index in [1.165, 1.54) is 0 Å². The van der Waals surface area contributed by atoms with Crippen LogP contribution in [0.15, 0.2) is 24.3 Å². The zero-order valence-electron chi connectivity index (χ0n) is 8.32. The highest BCUT2D eigenvalue weighted by Crippen LogP contribution is 2.12. The van der Waals surface area contributed by atoms with Crippen LogP contribution < -0.4 is 10.2 Å². The molecule has 0 radical (unpaired) electrons. The van der Waals surface area contributed by atoms with Gasteiger partial charge in [0.2, 0.25) is 0 Å². The first kappa shape index (κ1) is 10.5. The van der Waals surface area contributed by atoms with Crippen LogP contribution in [0.1, 0.15) is 10.4 Å². The number of nitrogens with one attached hydrogen (secondary N) is 1. The van der Waals surface area contributed by atoms with Crippen molar-refractivity contribution in [3.8, 4) is 0 Å². The normalized spacial score (nSPS) is 9.64. The lowest BCUT2D eigenvalue weighted by atomic mass is 10.2. The van der Waals surface area contributed by atoms with Gasteiger partial charge in [-0.1, -0.05) is 6.07 Å². The lowest BCUT2D eigenvalue weighted by Gasteiger charge is -2.13. The monoisotopic (exact) mass is 194 g/mol.